The van der Waals surface area contributed by atoms with Gasteiger partial charge in [-0.15, -0.1) is 0 Å². The maximum Gasteiger partial charge on any atom is 0.273 e. The minimum absolute atomic E-state index is 0.241. The summed E-state index contributed by atoms with van der Waals surface area (Å²) in [5, 5.41) is 5.63. The van der Waals surface area contributed by atoms with Crippen molar-refractivity contribution in [2.75, 3.05) is 5.32 Å². The summed E-state index contributed by atoms with van der Waals surface area (Å²) in [4.78, 5) is 37.1. The summed E-state index contributed by atoms with van der Waals surface area (Å²) in [6.07, 6.45) is 0. The summed E-state index contributed by atoms with van der Waals surface area (Å²) in [6, 6.07) is 19.1. The number of H-pyrrole nitrogens is 1. The number of rotatable bonds is 6. The van der Waals surface area contributed by atoms with Gasteiger partial charge in [-0.25, -0.2) is 9.07 Å². The normalized spacial score (nSPS) is 10.7. The number of nitrogens with one attached hydrogen (secondary N) is 2. The lowest BCUT2D eigenvalue weighted by Gasteiger charge is -2.10. The van der Waals surface area contributed by atoms with Crippen molar-refractivity contribution in [1.29, 1.82) is 0 Å². The molecular weight excluding hydrogens is 401 g/mol. The van der Waals surface area contributed by atoms with E-state index >= 15 is 0 Å². The molecule has 0 aliphatic rings. The Morgan fingerprint density at radius 1 is 0.968 bits per heavy atom. The van der Waals surface area contributed by atoms with Crippen molar-refractivity contribution in [1.82, 2.24) is 9.78 Å². The van der Waals surface area contributed by atoms with E-state index in [0.717, 1.165) is 10.2 Å². The second-order valence-corrected chi connectivity index (χ2v) is 6.87. The molecule has 31 heavy (non-hydrogen) atoms. The molecule has 2 N–H and O–H groups in total. The van der Waals surface area contributed by atoms with Gasteiger partial charge >= 0.3 is 0 Å². The predicted molar refractivity (Wildman–Crippen MR) is 115 cm³/mol. The van der Waals surface area contributed by atoms with Crippen molar-refractivity contribution in [2.24, 2.45) is 0 Å². The zero-order valence-electron chi connectivity index (χ0n) is 16.3. The number of benzene rings is 3. The molecule has 1 heterocycles. The van der Waals surface area contributed by atoms with Crippen molar-refractivity contribution in [3.05, 3.63) is 105 Å². The number of amides is 1. The molecule has 0 aliphatic heterocycles. The standard InChI is InChI=1S/C23H18FN3O4/c24-16-10-8-15(9-11-16)14-31-18-5-3-4-17(12-18)25-21(28)13-27-23(30)20-7-2-1-6-19(20)22(29)26-27/h1-12H,13-14H2,(H,25,28)(H,26,29). The number of aromatic amines is 1. The van der Waals surface area contributed by atoms with Gasteiger partial charge in [-0.05, 0) is 42.0 Å². The van der Waals surface area contributed by atoms with Gasteiger partial charge in [0.2, 0.25) is 5.91 Å². The molecule has 4 aromatic rings. The monoisotopic (exact) mass is 419 g/mol. The number of carbonyl (C=O) groups excluding carboxylic acids is 1. The Balaban J connectivity index is 1.44. The Morgan fingerprint density at radius 2 is 1.71 bits per heavy atom. The molecule has 4 rings (SSSR count). The van der Waals surface area contributed by atoms with Gasteiger partial charge in [0.1, 0.15) is 24.7 Å². The largest absolute Gasteiger partial charge is 0.489 e. The van der Waals surface area contributed by atoms with Crippen LogP contribution in [0.3, 0.4) is 0 Å². The molecule has 1 amide bonds. The van der Waals surface area contributed by atoms with Crippen LogP contribution in [0.15, 0.2) is 82.4 Å². The fourth-order valence-electron chi connectivity index (χ4n) is 3.11. The van der Waals surface area contributed by atoms with Gasteiger partial charge in [0.25, 0.3) is 11.1 Å². The summed E-state index contributed by atoms with van der Waals surface area (Å²) in [5.74, 6) is -0.289. The number of hydrogen-bond acceptors (Lipinski definition) is 4. The highest BCUT2D eigenvalue weighted by molar-refractivity contribution is 5.91. The molecule has 0 aliphatic carbocycles. The van der Waals surface area contributed by atoms with E-state index in [0.29, 0.717) is 11.4 Å². The van der Waals surface area contributed by atoms with E-state index in [2.05, 4.69) is 10.4 Å². The second-order valence-electron chi connectivity index (χ2n) is 6.87. The first-order valence-corrected chi connectivity index (χ1v) is 9.48. The van der Waals surface area contributed by atoms with Gasteiger partial charge in [-0.3, -0.25) is 19.5 Å². The van der Waals surface area contributed by atoms with Crippen LogP contribution in [0.5, 0.6) is 5.75 Å². The first kappa shape index (κ1) is 20.1. The first-order chi connectivity index (χ1) is 15.0. The molecule has 0 atom stereocenters. The predicted octanol–water partition coefficient (Wildman–Crippen LogP) is 3.05. The third kappa shape index (κ3) is 4.69. The number of anilines is 1. The maximum absolute atomic E-state index is 13.0. The first-order valence-electron chi connectivity index (χ1n) is 9.48. The van der Waals surface area contributed by atoms with Gasteiger partial charge in [-0.1, -0.05) is 30.3 Å². The van der Waals surface area contributed by atoms with E-state index in [9.17, 15) is 18.8 Å². The van der Waals surface area contributed by atoms with Crippen LogP contribution in [-0.4, -0.2) is 15.7 Å². The molecule has 0 radical (unpaired) electrons. The Hall–Kier alpha value is -4.20. The molecule has 0 fully saturated rings. The molecule has 156 valence electrons. The van der Waals surface area contributed by atoms with Crippen LogP contribution in [0.1, 0.15) is 5.56 Å². The van der Waals surface area contributed by atoms with Gasteiger partial charge in [-0.2, -0.15) is 0 Å². The van der Waals surface area contributed by atoms with Crippen LogP contribution in [0.25, 0.3) is 10.8 Å². The highest BCUT2D eigenvalue weighted by Gasteiger charge is 2.10. The summed E-state index contributed by atoms with van der Waals surface area (Å²) in [7, 11) is 0. The number of aromatic nitrogens is 2. The van der Waals surface area contributed by atoms with E-state index < -0.39 is 17.0 Å². The summed E-state index contributed by atoms with van der Waals surface area (Å²) in [6.45, 7) is -0.106. The Labute approximate surface area is 175 Å². The molecule has 0 saturated heterocycles. The molecule has 0 saturated carbocycles. The topological polar surface area (TPSA) is 93.2 Å². The van der Waals surface area contributed by atoms with Crippen LogP contribution >= 0.6 is 0 Å². The smallest absolute Gasteiger partial charge is 0.273 e. The van der Waals surface area contributed by atoms with Crippen molar-refractivity contribution in [3.63, 3.8) is 0 Å². The van der Waals surface area contributed by atoms with Crippen LogP contribution < -0.4 is 21.2 Å². The Bertz CT molecular complexity index is 1360. The quantitative estimate of drug-likeness (QED) is 0.502. The van der Waals surface area contributed by atoms with Crippen molar-refractivity contribution in [3.8, 4) is 5.75 Å². The fraction of sp³-hybridized carbons (Fsp3) is 0.0870. The van der Waals surface area contributed by atoms with Gasteiger partial charge in [0.15, 0.2) is 0 Å². The van der Waals surface area contributed by atoms with Crippen LogP contribution in [0.2, 0.25) is 0 Å². The number of fused-ring (bicyclic) bond motifs is 1. The van der Waals surface area contributed by atoms with E-state index in [-0.39, 0.29) is 29.7 Å². The van der Waals surface area contributed by atoms with Crippen molar-refractivity contribution < 1.29 is 13.9 Å². The summed E-state index contributed by atoms with van der Waals surface area (Å²) < 4.78 is 19.6. The number of ether oxygens (including phenoxy) is 1. The summed E-state index contributed by atoms with van der Waals surface area (Å²) >= 11 is 0. The SMILES string of the molecule is O=C(Cn1[nH]c(=O)c2ccccc2c1=O)Nc1cccc(OCc2ccc(F)cc2)c1. The number of halogens is 1. The van der Waals surface area contributed by atoms with Gasteiger partial charge < -0.3 is 10.1 Å². The third-order valence-electron chi connectivity index (χ3n) is 4.62. The number of carbonyl (C=O) groups is 1. The van der Waals surface area contributed by atoms with Crippen LogP contribution in [0.4, 0.5) is 10.1 Å². The van der Waals surface area contributed by atoms with E-state index in [1.165, 1.54) is 12.1 Å². The zero-order valence-corrected chi connectivity index (χ0v) is 16.3. The molecular formula is C23H18FN3O4. The molecule has 3 aromatic carbocycles. The molecule has 0 spiro atoms. The van der Waals surface area contributed by atoms with Gasteiger partial charge in [0, 0.05) is 11.8 Å². The maximum atomic E-state index is 13.0. The number of hydrogen-bond donors (Lipinski definition) is 2. The highest BCUT2D eigenvalue weighted by Crippen LogP contribution is 2.19. The molecule has 0 unspecified atom stereocenters. The lowest BCUT2D eigenvalue weighted by atomic mass is 10.2. The molecule has 1 aromatic heterocycles. The van der Waals surface area contributed by atoms with Crippen molar-refractivity contribution in [2.45, 2.75) is 13.2 Å². The van der Waals surface area contributed by atoms with Crippen LogP contribution in [0, 0.1) is 5.82 Å². The lowest BCUT2D eigenvalue weighted by Crippen LogP contribution is -2.34. The van der Waals surface area contributed by atoms with E-state index in [1.54, 1.807) is 60.7 Å². The van der Waals surface area contributed by atoms with Crippen molar-refractivity contribution >= 4 is 22.4 Å². The zero-order chi connectivity index (χ0) is 21.8. The minimum atomic E-state index is -0.483. The Morgan fingerprint density at radius 3 is 2.48 bits per heavy atom. The molecule has 0 bridgehead atoms. The van der Waals surface area contributed by atoms with Crippen LogP contribution in [-0.2, 0) is 17.9 Å². The third-order valence-corrected chi connectivity index (χ3v) is 4.62. The average Bonchev–Trinajstić information content (AvgIpc) is 2.77. The number of nitrogens with zero attached hydrogens (tertiary/aromatic N) is 1. The average molecular weight is 419 g/mol. The molecule has 7 nitrogen and oxygen atoms in total. The Kier molecular flexibility index (Phi) is 5.61. The minimum Gasteiger partial charge on any atom is -0.489 e. The lowest BCUT2D eigenvalue weighted by molar-refractivity contribution is -0.117. The summed E-state index contributed by atoms with van der Waals surface area (Å²) in [5.41, 5.74) is 0.370. The highest BCUT2D eigenvalue weighted by atomic mass is 19.1. The molecule has 8 heteroatoms. The van der Waals surface area contributed by atoms with Gasteiger partial charge in [0.05, 0.1) is 10.8 Å². The van der Waals surface area contributed by atoms with E-state index in [1.807, 2.05) is 0 Å². The second kappa shape index (κ2) is 8.66. The van der Waals surface area contributed by atoms with E-state index in [4.69, 9.17) is 4.74 Å². The fourth-order valence-corrected chi connectivity index (χ4v) is 3.11.